The van der Waals surface area contributed by atoms with Gasteiger partial charge in [0.15, 0.2) is 5.60 Å². The van der Waals surface area contributed by atoms with Crippen LogP contribution in [0.4, 0.5) is 24.5 Å². The normalized spacial score (nSPS) is 18.4. The van der Waals surface area contributed by atoms with E-state index in [9.17, 15) is 13.2 Å². The molecular formula is C46H45F3N2O4. The van der Waals surface area contributed by atoms with Gasteiger partial charge in [-0.05, 0) is 101 Å². The summed E-state index contributed by atoms with van der Waals surface area (Å²) >= 11 is 0. The molecule has 9 rings (SSSR count). The Hall–Kier alpha value is -4.99. The quantitative estimate of drug-likeness (QED) is 0.165. The Morgan fingerprint density at radius 2 is 1.29 bits per heavy atom. The number of fused-ring (bicyclic) bond motifs is 8. The van der Waals surface area contributed by atoms with Gasteiger partial charge < -0.3 is 28.7 Å². The van der Waals surface area contributed by atoms with Crippen molar-refractivity contribution in [1.29, 1.82) is 0 Å². The summed E-state index contributed by atoms with van der Waals surface area (Å²) in [6.07, 6.45) is 1.12. The number of halogens is 3. The van der Waals surface area contributed by atoms with Crippen LogP contribution in [-0.4, -0.2) is 59.7 Å². The Morgan fingerprint density at radius 1 is 0.709 bits per heavy atom. The van der Waals surface area contributed by atoms with Gasteiger partial charge in [-0.3, -0.25) is 0 Å². The van der Waals surface area contributed by atoms with Crippen molar-refractivity contribution in [3.8, 4) is 22.6 Å². The average Bonchev–Trinajstić information content (AvgIpc) is 3.54. The Morgan fingerprint density at radius 3 is 1.82 bits per heavy atom. The van der Waals surface area contributed by atoms with Crippen LogP contribution in [-0.2, 0) is 26.7 Å². The molecule has 9 heteroatoms. The molecule has 2 saturated heterocycles. The maximum atomic E-state index is 14.3. The minimum Gasteiger partial charge on any atom is -0.497 e. The second-order valence-corrected chi connectivity index (χ2v) is 14.9. The van der Waals surface area contributed by atoms with Crippen molar-refractivity contribution in [2.24, 2.45) is 0 Å². The molecule has 2 fully saturated rings. The lowest BCUT2D eigenvalue weighted by molar-refractivity contribution is -0.137. The Kier molecular flexibility index (Phi) is 8.85. The Bertz CT molecular complexity index is 2210. The molecule has 5 aromatic rings. The van der Waals surface area contributed by atoms with E-state index in [4.69, 9.17) is 18.9 Å². The van der Waals surface area contributed by atoms with Crippen molar-refractivity contribution in [3.63, 3.8) is 0 Å². The van der Waals surface area contributed by atoms with Crippen LogP contribution >= 0.6 is 0 Å². The smallest absolute Gasteiger partial charge is 0.416 e. The SMILES string of the molecule is CCC1(CC)c2cc(C(F)(F)F)ccc2-c2c1c1c(c3cc(OC)ccc23)OC(c2ccc(N3CCOCC3)cc2)(c2ccc(N3CCOCC3)cc2)C=C1. The monoisotopic (exact) mass is 746 g/mol. The second-order valence-electron chi connectivity index (χ2n) is 14.9. The first-order valence-corrected chi connectivity index (χ1v) is 19.4. The third kappa shape index (κ3) is 5.69. The standard InChI is InChI=1S/C46H45F3N2O4/c1-4-44(5-2)40-28-32(46(47,48)49)10-16-37(40)41-36-17-15-35(52-3)29-39(36)43-38(42(41)44)18-19-45(55-43,30-6-11-33(12-7-30)50-20-24-53-25-21-50)31-8-13-34(14-9-31)51-22-26-54-27-23-51/h6-19,28-29H,4-5,20-27H2,1-3H3. The predicted octanol–water partition coefficient (Wildman–Crippen LogP) is 9.98. The fraction of sp³-hybridized carbons (Fsp3) is 0.348. The number of morpholine rings is 2. The number of ether oxygens (including phenoxy) is 4. The van der Waals surface area contributed by atoms with Crippen LogP contribution in [0.3, 0.4) is 0 Å². The second kappa shape index (κ2) is 13.6. The number of hydrogen-bond acceptors (Lipinski definition) is 6. The lowest BCUT2D eigenvalue weighted by atomic mass is 9.70. The molecular weight excluding hydrogens is 702 g/mol. The molecule has 0 spiro atoms. The zero-order valence-corrected chi connectivity index (χ0v) is 31.5. The average molecular weight is 747 g/mol. The molecule has 3 heterocycles. The van der Waals surface area contributed by atoms with Crippen LogP contribution in [0.15, 0.2) is 91.0 Å². The van der Waals surface area contributed by atoms with E-state index in [0.29, 0.717) is 50.8 Å². The van der Waals surface area contributed by atoms with E-state index in [2.05, 4.69) is 84.3 Å². The number of rotatable bonds is 7. The van der Waals surface area contributed by atoms with E-state index in [1.165, 1.54) is 12.1 Å². The highest BCUT2D eigenvalue weighted by molar-refractivity contribution is 6.09. The van der Waals surface area contributed by atoms with Crippen LogP contribution in [0.25, 0.3) is 28.0 Å². The highest BCUT2D eigenvalue weighted by Crippen LogP contribution is 2.61. The van der Waals surface area contributed by atoms with Crippen LogP contribution in [0.5, 0.6) is 11.5 Å². The van der Waals surface area contributed by atoms with E-state index in [1.54, 1.807) is 13.2 Å². The molecule has 0 N–H and O–H groups in total. The highest BCUT2D eigenvalue weighted by Gasteiger charge is 2.48. The molecule has 0 amide bonds. The maximum Gasteiger partial charge on any atom is 0.416 e. The molecule has 284 valence electrons. The van der Waals surface area contributed by atoms with Crippen molar-refractivity contribution in [2.75, 3.05) is 69.5 Å². The molecule has 5 aromatic carbocycles. The molecule has 0 bridgehead atoms. The number of alkyl halides is 3. The fourth-order valence-corrected chi connectivity index (χ4v) is 9.44. The zero-order valence-electron chi connectivity index (χ0n) is 31.5. The summed E-state index contributed by atoms with van der Waals surface area (Å²) in [6.45, 7) is 10.3. The molecule has 6 nitrogen and oxygen atoms in total. The van der Waals surface area contributed by atoms with Gasteiger partial charge in [-0.25, -0.2) is 0 Å². The summed E-state index contributed by atoms with van der Waals surface area (Å²) in [5.74, 6) is 1.37. The minimum atomic E-state index is -4.46. The van der Waals surface area contributed by atoms with Crippen molar-refractivity contribution < 1.29 is 32.1 Å². The van der Waals surface area contributed by atoms with Gasteiger partial charge in [-0.2, -0.15) is 13.2 Å². The van der Waals surface area contributed by atoms with E-state index in [1.807, 2.05) is 18.2 Å². The van der Waals surface area contributed by atoms with Gasteiger partial charge in [-0.15, -0.1) is 0 Å². The number of hydrogen-bond donors (Lipinski definition) is 0. The molecule has 0 radical (unpaired) electrons. The summed E-state index contributed by atoms with van der Waals surface area (Å²) in [5, 5.41) is 1.78. The van der Waals surface area contributed by atoms with Crippen LogP contribution in [0.1, 0.15) is 60.1 Å². The van der Waals surface area contributed by atoms with Gasteiger partial charge in [0.2, 0.25) is 0 Å². The summed E-state index contributed by atoms with van der Waals surface area (Å²) in [6, 6.07) is 27.5. The van der Waals surface area contributed by atoms with Crippen LogP contribution in [0.2, 0.25) is 0 Å². The number of benzene rings is 5. The van der Waals surface area contributed by atoms with Gasteiger partial charge in [0, 0.05) is 65.0 Å². The predicted molar refractivity (Wildman–Crippen MR) is 212 cm³/mol. The van der Waals surface area contributed by atoms with Crippen molar-refractivity contribution in [3.05, 3.63) is 124 Å². The maximum absolute atomic E-state index is 14.3. The Balaban J connectivity index is 1.27. The molecule has 1 aliphatic carbocycles. The Labute approximate surface area is 320 Å². The highest BCUT2D eigenvalue weighted by atomic mass is 19.4. The van der Waals surface area contributed by atoms with Crippen molar-refractivity contribution in [1.82, 2.24) is 0 Å². The minimum absolute atomic E-state index is 0.628. The first kappa shape index (κ1) is 35.7. The molecule has 0 aromatic heterocycles. The van der Waals surface area contributed by atoms with Gasteiger partial charge >= 0.3 is 6.18 Å². The molecule has 0 saturated carbocycles. The third-order valence-electron chi connectivity index (χ3n) is 12.4. The van der Waals surface area contributed by atoms with Gasteiger partial charge in [0.25, 0.3) is 0 Å². The summed E-state index contributed by atoms with van der Waals surface area (Å²) < 4.78 is 67.4. The van der Waals surface area contributed by atoms with Crippen molar-refractivity contribution >= 4 is 28.2 Å². The number of methoxy groups -OCH3 is 1. The van der Waals surface area contributed by atoms with E-state index >= 15 is 0 Å². The van der Waals surface area contributed by atoms with E-state index < -0.39 is 22.8 Å². The van der Waals surface area contributed by atoms with Gasteiger partial charge in [-0.1, -0.05) is 50.3 Å². The van der Waals surface area contributed by atoms with Crippen LogP contribution < -0.4 is 19.3 Å². The molecule has 3 aliphatic heterocycles. The fourth-order valence-electron chi connectivity index (χ4n) is 9.44. The molecule has 55 heavy (non-hydrogen) atoms. The van der Waals surface area contributed by atoms with E-state index in [-0.39, 0.29) is 0 Å². The lowest BCUT2D eigenvalue weighted by Gasteiger charge is -2.40. The molecule has 0 atom stereocenters. The largest absolute Gasteiger partial charge is 0.497 e. The third-order valence-corrected chi connectivity index (χ3v) is 12.4. The summed E-state index contributed by atoms with van der Waals surface area (Å²) in [7, 11) is 1.64. The summed E-state index contributed by atoms with van der Waals surface area (Å²) in [5.41, 5.74) is 6.35. The first-order chi connectivity index (χ1) is 26.7. The molecule has 0 unspecified atom stereocenters. The van der Waals surface area contributed by atoms with Crippen LogP contribution in [0, 0.1) is 0 Å². The topological polar surface area (TPSA) is 43.4 Å². The molecule has 4 aliphatic rings. The first-order valence-electron chi connectivity index (χ1n) is 19.4. The summed E-state index contributed by atoms with van der Waals surface area (Å²) in [4.78, 5) is 4.67. The van der Waals surface area contributed by atoms with Gasteiger partial charge in [0.05, 0.1) is 39.1 Å². The lowest BCUT2D eigenvalue weighted by Crippen LogP contribution is -2.37. The van der Waals surface area contributed by atoms with Gasteiger partial charge in [0.1, 0.15) is 11.5 Å². The number of nitrogens with zero attached hydrogens (tertiary/aromatic N) is 2. The number of anilines is 2. The zero-order chi connectivity index (χ0) is 38.0. The van der Waals surface area contributed by atoms with E-state index in [0.717, 1.165) is 87.3 Å². The van der Waals surface area contributed by atoms with Crippen molar-refractivity contribution in [2.45, 2.75) is 43.9 Å².